The van der Waals surface area contributed by atoms with Gasteiger partial charge in [-0.2, -0.15) is 0 Å². The molecule has 0 aromatic heterocycles. The number of hydrogen-bond donors (Lipinski definition) is 0. The number of hydrogen-bond acceptors (Lipinski definition) is 0. The summed E-state index contributed by atoms with van der Waals surface area (Å²) in [6.07, 6.45) is 27.7. The zero-order valence-electron chi connectivity index (χ0n) is 69.8. The molecule has 2 unspecified atom stereocenters. The number of rotatable bonds is 16. The third-order valence-electron chi connectivity index (χ3n) is 22.6. The van der Waals surface area contributed by atoms with E-state index in [1.807, 2.05) is 0 Å². The largest absolute Gasteiger partial charge is 0.0654 e. The first-order chi connectivity index (χ1) is 49.8. The summed E-state index contributed by atoms with van der Waals surface area (Å²) in [4.78, 5) is 0. The normalized spacial score (nSPS) is 13.3. The van der Waals surface area contributed by atoms with Gasteiger partial charge in [-0.25, -0.2) is 0 Å². The van der Waals surface area contributed by atoms with Crippen LogP contribution in [-0.2, 0) is 12.8 Å². The predicted octanol–water partition coefficient (Wildman–Crippen LogP) is 31.5. The molecule has 556 valence electrons. The van der Waals surface area contributed by atoms with Gasteiger partial charge in [0.15, 0.2) is 0 Å². The lowest BCUT2D eigenvalue weighted by molar-refractivity contribution is 0.437. The maximum Gasteiger partial charge on any atom is -0.0149 e. The summed E-state index contributed by atoms with van der Waals surface area (Å²) in [5.41, 5.74) is 37.0. The highest BCUT2D eigenvalue weighted by Crippen LogP contribution is 2.40. The van der Waals surface area contributed by atoms with Gasteiger partial charge in [-0.15, -0.1) is 0 Å². The molecule has 0 radical (unpaired) electrons. The van der Waals surface area contributed by atoms with Crippen LogP contribution in [0.5, 0.6) is 0 Å². The Morgan fingerprint density at radius 2 is 0.615 bits per heavy atom. The molecule has 2 atom stereocenters. The lowest BCUT2D eigenvalue weighted by atomic mass is 9.77. The lowest BCUT2D eigenvalue weighted by Gasteiger charge is -2.28. The van der Waals surface area contributed by atoms with E-state index in [-0.39, 0.29) is 0 Å². The zero-order chi connectivity index (χ0) is 75.8. The van der Waals surface area contributed by atoms with Crippen molar-refractivity contribution in [3.8, 4) is 22.3 Å². The van der Waals surface area contributed by atoms with E-state index < -0.39 is 0 Å². The minimum Gasteiger partial charge on any atom is -0.0654 e. The Morgan fingerprint density at radius 1 is 0.279 bits per heavy atom. The van der Waals surface area contributed by atoms with Gasteiger partial charge in [-0.05, 0) is 303 Å². The van der Waals surface area contributed by atoms with Gasteiger partial charge in [0.05, 0.1) is 0 Å². The van der Waals surface area contributed by atoms with E-state index in [9.17, 15) is 0 Å². The molecule has 2 saturated carbocycles. The smallest absolute Gasteiger partial charge is 0.0149 e. The second-order valence-electron chi connectivity index (χ2n) is 32.0. The molecule has 0 heterocycles. The van der Waals surface area contributed by atoms with Gasteiger partial charge in [0.25, 0.3) is 0 Å². The van der Waals surface area contributed by atoms with Crippen LogP contribution in [0.1, 0.15) is 278 Å². The van der Waals surface area contributed by atoms with Gasteiger partial charge in [0.1, 0.15) is 0 Å². The van der Waals surface area contributed by atoms with Crippen LogP contribution in [0.3, 0.4) is 0 Å². The van der Waals surface area contributed by atoms with E-state index in [1.165, 1.54) is 250 Å². The maximum absolute atomic E-state index is 2.55. The highest BCUT2D eigenvalue weighted by atomic mass is 14.3. The third-order valence-corrected chi connectivity index (χ3v) is 22.6. The van der Waals surface area contributed by atoms with Gasteiger partial charge in [0, 0.05) is 0 Å². The Kier molecular flexibility index (Phi) is 36.5. The average Bonchev–Trinajstić information content (AvgIpc) is 0.813. The van der Waals surface area contributed by atoms with E-state index in [1.54, 1.807) is 33.4 Å². The molecule has 12 rings (SSSR count). The maximum atomic E-state index is 2.55. The molecule has 0 heteroatoms. The summed E-state index contributed by atoms with van der Waals surface area (Å²) in [6, 6.07) is 66.3. The van der Waals surface area contributed by atoms with Crippen molar-refractivity contribution in [1.82, 2.24) is 0 Å². The van der Waals surface area contributed by atoms with Crippen LogP contribution in [0.2, 0.25) is 0 Å². The first-order valence-corrected chi connectivity index (χ1v) is 40.8. The van der Waals surface area contributed by atoms with E-state index in [0.717, 1.165) is 23.7 Å². The summed E-state index contributed by atoms with van der Waals surface area (Å²) in [6.45, 7) is 48.8. The number of fused-ring (bicyclic) bond motifs is 1. The van der Waals surface area contributed by atoms with Crippen molar-refractivity contribution in [3.63, 3.8) is 0 Å². The summed E-state index contributed by atoms with van der Waals surface area (Å²) in [5.74, 6) is 3.43. The van der Waals surface area contributed by atoms with Crippen molar-refractivity contribution >= 4 is 10.8 Å². The molecular formula is C104H140. The Labute approximate surface area is 637 Å². The van der Waals surface area contributed by atoms with Crippen LogP contribution in [0.4, 0.5) is 0 Å². The second kappa shape index (κ2) is 44.4. The van der Waals surface area contributed by atoms with Crippen molar-refractivity contribution in [2.24, 2.45) is 11.8 Å². The SMILES string of the molecule is CCCCC(CC)Cc1cc(C)c(CC(CC)CCCC)cc1C.Cc1cc(-c2ccccc2)c(C)cc1-c1ccccc1.Cc1cc(C)c2cc(C)cc(C)c2c1.Cc1cc(C)cc(C)c1.Cc1cc(C2CCCCC2)c(C)cc1C1CCCCC1.Cc1cccc(C)c1.Cc1cccc(C)c1C. The first-order valence-electron chi connectivity index (χ1n) is 40.8. The highest BCUT2D eigenvalue weighted by molar-refractivity contribution is 5.89. The van der Waals surface area contributed by atoms with Crippen molar-refractivity contribution in [2.75, 3.05) is 0 Å². The Bertz CT molecular complexity index is 3890. The molecule has 2 fully saturated rings. The van der Waals surface area contributed by atoms with Crippen LogP contribution in [0, 0.1) is 136 Å². The summed E-state index contributed by atoms with van der Waals surface area (Å²) < 4.78 is 0. The van der Waals surface area contributed by atoms with Gasteiger partial charge in [-0.3, -0.25) is 0 Å². The van der Waals surface area contributed by atoms with Crippen LogP contribution in [0.15, 0.2) is 182 Å². The molecule has 0 nitrogen and oxygen atoms in total. The first kappa shape index (κ1) is 85.4. The molecule has 0 N–H and O–H groups in total. The molecule has 0 amide bonds. The molecule has 0 saturated heterocycles. The highest BCUT2D eigenvalue weighted by Gasteiger charge is 2.23. The standard InChI is InChI=1S/C24H42.C20H30.C20H18.C14H16.2C9H12.C8H10/c1-7-11-13-21(9-3)17-23-15-20(6)24(16-19(23)5)18-22(10-4)14-12-8-2;2*1-15-13-20(18-11-7-4-8-12-18)16(2)14-19(15)17-9-5-3-6-10-17;1-9-5-11(3)14-8-10(2)6-12(4)13(14)7-9;1-7-4-8(2)6-9(3)5-7;1-7-5-4-6-8(2)9(7)3;1-7-4-3-5-8(2)6-7/h15-16,21-22H,7-14,17-18H2,1-6H3;13-14,17-18H,3-12H2,1-2H3;3-14H,1-2H3;5-8H,1-4H3;2*4-6H,1-3H3;3-6H,1-2H3. The van der Waals surface area contributed by atoms with Crippen LogP contribution in [0.25, 0.3) is 33.0 Å². The van der Waals surface area contributed by atoms with Crippen LogP contribution in [-0.4, -0.2) is 0 Å². The number of aryl methyl sites for hydroxylation is 17. The molecule has 10 aromatic rings. The van der Waals surface area contributed by atoms with Crippen LogP contribution < -0.4 is 0 Å². The summed E-state index contributed by atoms with van der Waals surface area (Å²) >= 11 is 0. The van der Waals surface area contributed by atoms with Gasteiger partial charge in [0.2, 0.25) is 0 Å². The number of benzene rings is 10. The van der Waals surface area contributed by atoms with E-state index in [0.29, 0.717) is 0 Å². The van der Waals surface area contributed by atoms with Crippen molar-refractivity contribution in [1.29, 1.82) is 0 Å². The Balaban J connectivity index is 0.000000197. The summed E-state index contributed by atoms with van der Waals surface area (Å²) in [7, 11) is 0. The van der Waals surface area contributed by atoms with E-state index in [2.05, 4.69) is 334 Å². The van der Waals surface area contributed by atoms with Crippen molar-refractivity contribution in [2.45, 2.75) is 293 Å². The van der Waals surface area contributed by atoms with Gasteiger partial charge >= 0.3 is 0 Å². The molecule has 10 aromatic carbocycles. The van der Waals surface area contributed by atoms with Crippen molar-refractivity contribution in [3.05, 3.63) is 304 Å². The molecule has 2 aliphatic carbocycles. The minimum absolute atomic E-state index is 0.850. The Hall–Kier alpha value is -7.54. The molecule has 104 heavy (non-hydrogen) atoms. The van der Waals surface area contributed by atoms with Crippen molar-refractivity contribution < 1.29 is 0 Å². The van der Waals surface area contributed by atoms with Gasteiger partial charge < -0.3 is 0 Å². The fourth-order valence-electron chi connectivity index (χ4n) is 16.2. The van der Waals surface area contributed by atoms with E-state index >= 15 is 0 Å². The molecule has 0 bridgehead atoms. The number of unbranched alkanes of at least 4 members (excludes halogenated alkanes) is 2. The summed E-state index contributed by atoms with van der Waals surface area (Å²) in [5, 5.41) is 2.79. The minimum atomic E-state index is 0.850. The van der Waals surface area contributed by atoms with Crippen LogP contribution >= 0.6 is 0 Å². The molecular weight excluding hydrogens is 1250 g/mol. The fraction of sp³-hybridized carbons (Fsp3) is 0.442. The third kappa shape index (κ3) is 27.7. The quantitative estimate of drug-likeness (QED) is 0.0904. The molecule has 0 spiro atoms. The molecule has 0 aliphatic heterocycles. The van der Waals surface area contributed by atoms with Gasteiger partial charge in [-0.1, -0.05) is 339 Å². The second-order valence-corrected chi connectivity index (χ2v) is 32.0. The predicted molar refractivity (Wildman–Crippen MR) is 464 cm³/mol. The molecule has 2 aliphatic rings. The topological polar surface area (TPSA) is 0 Å². The lowest BCUT2D eigenvalue weighted by Crippen LogP contribution is -2.10. The monoisotopic (exact) mass is 1390 g/mol. The fourth-order valence-corrected chi connectivity index (χ4v) is 16.2. The zero-order valence-corrected chi connectivity index (χ0v) is 69.8. The average molecular weight is 1390 g/mol. The Morgan fingerprint density at radius 3 is 0.933 bits per heavy atom. The van der Waals surface area contributed by atoms with E-state index in [4.69, 9.17) is 0 Å².